The van der Waals surface area contributed by atoms with Gasteiger partial charge in [0.1, 0.15) is 5.01 Å². The summed E-state index contributed by atoms with van der Waals surface area (Å²) in [6.45, 7) is 0. The standard InChI is InChI=1S/C25H17ClN4OS/c26-20-12-6-4-11-18(20)22-15-19(17-10-5-7-13-21(17)27-22)24(31)28-25-30-29-23(32-25)14-16-8-2-1-3-9-16/h1-13,15H,14H2,(H,28,30,31). The molecule has 2 aromatic heterocycles. The second-order valence-corrected chi connectivity index (χ2v) is 8.64. The molecule has 7 heteroatoms. The van der Waals surface area contributed by atoms with E-state index in [2.05, 4.69) is 15.5 Å². The number of hydrogen-bond donors (Lipinski definition) is 1. The summed E-state index contributed by atoms with van der Waals surface area (Å²) in [5, 5.41) is 13.9. The highest BCUT2D eigenvalue weighted by Crippen LogP contribution is 2.30. The molecule has 0 aliphatic heterocycles. The number of nitrogens with one attached hydrogen (secondary N) is 1. The van der Waals surface area contributed by atoms with Crippen LogP contribution in [0.5, 0.6) is 0 Å². The average molecular weight is 457 g/mol. The topological polar surface area (TPSA) is 67.8 Å². The fourth-order valence-electron chi connectivity index (χ4n) is 3.48. The zero-order chi connectivity index (χ0) is 21.9. The van der Waals surface area contributed by atoms with Crippen LogP contribution in [0.4, 0.5) is 5.13 Å². The molecule has 0 saturated carbocycles. The molecule has 156 valence electrons. The van der Waals surface area contributed by atoms with Crippen molar-refractivity contribution in [3.05, 3.63) is 106 Å². The maximum absolute atomic E-state index is 13.2. The van der Waals surface area contributed by atoms with E-state index in [9.17, 15) is 4.79 Å². The lowest BCUT2D eigenvalue weighted by Crippen LogP contribution is -2.13. The van der Waals surface area contributed by atoms with Crippen LogP contribution in [0, 0.1) is 0 Å². The number of para-hydroxylation sites is 1. The van der Waals surface area contributed by atoms with Gasteiger partial charge in [0.05, 0.1) is 16.8 Å². The van der Waals surface area contributed by atoms with Gasteiger partial charge in [-0.15, -0.1) is 10.2 Å². The maximum Gasteiger partial charge on any atom is 0.258 e. The van der Waals surface area contributed by atoms with E-state index < -0.39 is 0 Å². The van der Waals surface area contributed by atoms with Crippen molar-refractivity contribution in [3.63, 3.8) is 0 Å². The van der Waals surface area contributed by atoms with Gasteiger partial charge in [-0.05, 0) is 23.8 Å². The highest BCUT2D eigenvalue weighted by atomic mass is 35.5. The molecule has 0 aliphatic carbocycles. The quantitative estimate of drug-likeness (QED) is 0.339. The van der Waals surface area contributed by atoms with Crippen LogP contribution in [0.1, 0.15) is 20.9 Å². The molecule has 0 aliphatic rings. The van der Waals surface area contributed by atoms with Crippen molar-refractivity contribution >= 4 is 44.9 Å². The summed E-state index contributed by atoms with van der Waals surface area (Å²) >= 11 is 7.75. The number of halogens is 1. The lowest BCUT2D eigenvalue weighted by molar-refractivity contribution is 0.102. The molecular weight excluding hydrogens is 440 g/mol. The number of amides is 1. The number of aromatic nitrogens is 3. The van der Waals surface area contributed by atoms with Gasteiger partial charge in [0.2, 0.25) is 5.13 Å². The van der Waals surface area contributed by atoms with Crippen LogP contribution in [0.3, 0.4) is 0 Å². The Bertz CT molecular complexity index is 1420. The van der Waals surface area contributed by atoms with Crippen molar-refractivity contribution in [2.75, 3.05) is 5.32 Å². The molecule has 0 saturated heterocycles. The fraction of sp³-hybridized carbons (Fsp3) is 0.0400. The Morgan fingerprint density at radius 1 is 0.906 bits per heavy atom. The van der Waals surface area contributed by atoms with Crippen molar-refractivity contribution in [2.45, 2.75) is 6.42 Å². The van der Waals surface area contributed by atoms with Gasteiger partial charge in [0.15, 0.2) is 0 Å². The SMILES string of the molecule is O=C(Nc1nnc(Cc2ccccc2)s1)c1cc(-c2ccccc2Cl)nc2ccccc12. The summed E-state index contributed by atoms with van der Waals surface area (Å²) in [7, 11) is 0. The maximum atomic E-state index is 13.2. The first kappa shape index (κ1) is 20.3. The number of carbonyl (C=O) groups excluding carboxylic acids is 1. The summed E-state index contributed by atoms with van der Waals surface area (Å²) in [6.07, 6.45) is 0.670. The van der Waals surface area contributed by atoms with Gasteiger partial charge in [0.25, 0.3) is 5.91 Å². The third-order valence-corrected chi connectivity index (χ3v) is 6.16. The highest BCUT2D eigenvalue weighted by molar-refractivity contribution is 7.15. The molecular formula is C25H17ClN4OS. The Labute approximate surface area is 193 Å². The molecule has 1 amide bonds. The van der Waals surface area contributed by atoms with Crippen LogP contribution in [-0.2, 0) is 6.42 Å². The molecule has 0 spiro atoms. The lowest BCUT2D eigenvalue weighted by atomic mass is 10.0. The highest BCUT2D eigenvalue weighted by Gasteiger charge is 2.17. The van der Waals surface area contributed by atoms with E-state index >= 15 is 0 Å². The Morgan fingerprint density at radius 2 is 1.66 bits per heavy atom. The first-order valence-corrected chi connectivity index (χ1v) is 11.2. The van der Waals surface area contributed by atoms with Crippen LogP contribution in [0.15, 0.2) is 84.9 Å². The fourth-order valence-corrected chi connectivity index (χ4v) is 4.48. The summed E-state index contributed by atoms with van der Waals surface area (Å²) in [4.78, 5) is 17.9. The van der Waals surface area contributed by atoms with E-state index in [0.717, 1.165) is 27.0 Å². The molecule has 2 heterocycles. The molecule has 0 bridgehead atoms. The second kappa shape index (κ2) is 8.86. The van der Waals surface area contributed by atoms with Crippen LogP contribution in [0.25, 0.3) is 22.2 Å². The molecule has 5 rings (SSSR count). The largest absolute Gasteiger partial charge is 0.296 e. The molecule has 32 heavy (non-hydrogen) atoms. The van der Waals surface area contributed by atoms with Gasteiger partial charge < -0.3 is 0 Å². The minimum absolute atomic E-state index is 0.265. The Kier molecular flexibility index (Phi) is 5.62. The number of anilines is 1. The molecule has 5 aromatic rings. The first-order valence-electron chi connectivity index (χ1n) is 10.00. The number of carbonyl (C=O) groups is 1. The molecule has 1 N–H and O–H groups in total. The van der Waals surface area contributed by atoms with Crippen molar-refractivity contribution < 1.29 is 4.79 Å². The van der Waals surface area contributed by atoms with Crippen molar-refractivity contribution in [1.82, 2.24) is 15.2 Å². The van der Waals surface area contributed by atoms with Gasteiger partial charge in [-0.1, -0.05) is 89.7 Å². The van der Waals surface area contributed by atoms with Crippen molar-refractivity contribution in [1.29, 1.82) is 0 Å². The second-order valence-electron chi connectivity index (χ2n) is 7.17. The monoisotopic (exact) mass is 456 g/mol. The number of nitrogens with zero attached hydrogens (tertiary/aromatic N) is 3. The van der Waals surface area contributed by atoms with Crippen molar-refractivity contribution in [3.8, 4) is 11.3 Å². The Balaban J connectivity index is 1.46. The molecule has 0 fully saturated rings. The number of benzene rings is 3. The third-order valence-electron chi connectivity index (χ3n) is 5.00. The van der Waals surface area contributed by atoms with E-state index in [1.54, 1.807) is 6.07 Å². The number of pyridine rings is 1. The van der Waals surface area contributed by atoms with Gasteiger partial charge >= 0.3 is 0 Å². The summed E-state index contributed by atoms with van der Waals surface area (Å²) in [6, 6.07) is 26.8. The predicted molar refractivity (Wildman–Crippen MR) is 129 cm³/mol. The molecule has 0 unspecified atom stereocenters. The van der Waals surface area contributed by atoms with Gasteiger partial charge in [-0.25, -0.2) is 4.98 Å². The third kappa shape index (κ3) is 4.23. The van der Waals surface area contributed by atoms with E-state index in [4.69, 9.17) is 16.6 Å². The zero-order valence-corrected chi connectivity index (χ0v) is 18.4. The zero-order valence-electron chi connectivity index (χ0n) is 16.8. The van der Waals surface area contributed by atoms with E-state index in [1.165, 1.54) is 11.3 Å². The van der Waals surface area contributed by atoms with Gasteiger partial charge in [0, 0.05) is 22.4 Å². The minimum atomic E-state index is -0.265. The van der Waals surface area contributed by atoms with Crippen LogP contribution in [-0.4, -0.2) is 21.1 Å². The van der Waals surface area contributed by atoms with Crippen LogP contribution in [0.2, 0.25) is 5.02 Å². The van der Waals surface area contributed by atoms with Crippen LogP contribution < -0.4 is 5.32 Å². The van der Waals surface area contributed by atoms with E-state index in [0.29, 0.717) is 27.8 Å². The first-order chi connectivity index (χ1) is 15.7. The number of hydrogen-bond acceptors (Lipinski definition) is 5. The van der Waals surface area contributed by atoms with Crippen molar-refractivity contribution in [2.24, 2.45) is 0 Å². The summed E-state index contributed by atoms with van der Waals surface area (Å²) in [5.41, 5.74) is 3.78. The molecule has 0 atom stereocenters. The van der Waals surface area contributed by atoms with Crippen LogP contribution >= 0.6 is 22.9 Å². The Hall–Kier alpha value is -3.61. The predicted octanol–water partition coefficient (Wildman–Crippen LogP) is 6.25. The van der Waals surface area contributed by atoms with E-state index in [1.807, 2.05) is 78.9 Å². The lowest BCUT2D eigenvalue weighted by Gasteiger charge is -2.10. The summed E-state index contributed by atoms with van der Waals surface area (Å²) in [5.74, 6) is -0.265. The number of fused-ring (bicyclic) bond motifs is 1. The number of rotatable bonds is 5. The minimum Gasteiger partial charge on any atom is -0.296 e. The normalized spacial score (nSPS) is 10.9. The average Bonchev–Trinajstić information content (AvgIpc) is 3.25. The van der Waals surface area contributed by atoms with Gasteiger partial charge in [-0.3, -0.25) is 10.1 Å². The summed E-state index contributed by atoms with van der Waals surface area (Å²) < 4.78 is 0. The molecule has 3 aromatic carbocycles. The smallest absolute Gasteiger partial charge is 0.258 e. The Morgan fingerprint density at radius 3 is 2.50 bits per heavy atom. The molecule has 5 nitrogen and oxygen atoms in total. The van der Waals surface area contributed by atoms with Gasteiger partial charge in [-0.2, -0.15) is 0 Å². The molecule has 0 radical (unpaired) electrons. The van der Waals surface area contributed by atoms with E-state index in [-0.39, 0.29) is 5.91 Å².